The van der Waals surface area contributed by atoms with Gasteiger partial charge in [0.1, 0.15) is 0 Å². The number of carbonyl (C=O) groups excluding carboxylic acids is 1. The lowest BCUT2D eigenvalue weighted by molar-refractivity contribution is -0.147. The number of benzene rings is 1. The summed E-state index contributed by atoms with van der Waals surface area (Å²) >= 11 is 0. The average molecular weight is 362 g/mol. The zero-order chi connectivity index (χ0) is 19.3. The summed E-state index contributed by atoms with van der Waals surface area (Å²) in [4.78, 5) is 24.1. The Morgan fingerprint density at radius 3 is 2.23 bits per heavy atom. The first-order valence-electron chi connectivity index (χ1n) is 8.03. The molecule has 1 atom stereocenters. The van der Waals surface area contributed by atoms with Crippen molar-refractivity contribution in [1.29, 1.82) is 0 Å². The number of esters is 1. The van der Waals surface area contributed by atoms with Crippen molar-refractivity contribution in [1.82, 2.24) is 9.78 Å². The molecule has 0 aliphatic carbocycles. The Morgan fingerprint density at radius 1 is 1.12 bits per heavy atom. The molecule has 1 aromatic heterocycles. The lowest BCUT2D eigenvalue weighted by Crippen LogP contribution is -2.31. The number of rotatable bonds is 7. The first kappa shape index (κ1) is 19.3. The predicted molar refractivity (Wildman–Crippen MR) is 94.9 cm³/mol. The number of carbonyl (C=O) groups is 1. The highest BCUT2D eigenvalue weighted by atomic mass is 16.5. The van der Waals surface area contributed by atoms with Crippen LogP contribution in [0.4, 0.5) is 0 Å². The van der Waals surface area contributed by atoms with Gasteiger partial charge in [-0.1, -0.05) is 0 Å². The van der Waals surface area contributed by atoms with Crippen LogP contribution in [-0.2, 0) is 9.53 Å². The van der Waals surface area contributed by atoms with Gasteiger partial charge in [-0.25, -0.2) is 9.48 Å². The van der Waals surface area contributed by atoms with Gasteiger partial charge in [0.25, 0.3) is 5.56 Å². The van der Waals surface area contributed by atoms with E-state index >= 15 is 0 Å². The molecule has 0 unspecified atom stereocenters. The fraction of sp³-hybridized carbons (Fsp3) is 0.389. The van der Waals surface area contributed by atoms with Crippen molar-refractivity contribution in [2.75, 3.05) is 27.9 Å². The van der Waals surface area contributed by atoms with Gasteiger partial charge in [0.05, 0.1) is 33.6 Å². The first-order valence-corrected chi connectivity index (χ1v) is 8.03. The molecule has 8 nitrogen and oxygen atoms in total. The number of nitrogens with zero attached hydrogens (tertiary/aromatic N) is 2. The van der Waals surface area contributed by atoms with E-state index in [1.54, 1.807) is 32.0 Å². The quantitative estimate of drug-likeness (QED) is 0.697. The summed E-state index contributed by atoms with van der Waals surface area (Å²) in [5.74, 6) is 0.843. The Kier molecular flexibility index (Phi) is 6.21. The highest BCUT2D eigenvalue weighted by Crippen LogP contribution is 2.40. The zero-order valence-electron chi connectivity index (χ0n) is 15.4. The molecule has 0 saturated carbocycles. The van der Waals surface area contributed by atoms with Gasteiger partial charge in [-0.05, 0) is 32.0 Å². The Hall–Kier alpha value is -3.03. The van der Waals surface area contributed by atoms with E-state index in [9.17, 15) is 9.59 Å². The van der Waals surface area contributed by atoms with E-state index in [0.29, 0.717) is 28.5 Å². The maximum absolute atomic E-state index is 12.1. The molecule has 0 N–H and O–H groups in total. The SMILES string of the molecule is CCOC(=O)[C@H](C)n1nc(-c2cc(OC)c(OC)c(OC)c2)ccc1=O. The van der Waals surface area contributed by atoms with Crippen molar-refractivity contribution in [2.45, 2.75) is 19.9 Å². The van der Waals surface area contributed by atoms with Crippen molar-refractivity contribution >= 4 is 5.97 Å². The third-order valence-electron chi connectivity index (χ3n) is 3.78. The van der Waals surface area contributed by atoms with Gasteiger partial charge in [-0.15, -0.1) is 0 Å². The minimum Gasteiger partial charge on any atom is -0.493 e. The van der Waals surface area contributed by atoms with Crippen molar-refractivity contribution in [3.8, 4) is 28.5 Å². The van der Waals surface area contributed by atoms with Crippen LogP contribution in [0.2, 0.25) is 0 Å². The lowest BCUT2D eigenvalue weighted by Gasteiger charge is -2.16. The second-order valence-corrected chi connectivity index (χ2v) is 5.34. The Morgan fingerprint density at radius 2 is 1.73 bits per heavy atom. The van der Waals surface area contributed by atoms with E-state index in [2.05, 4.69) is 5.10 Å². The molecule has 0 aliphatic heterocycles. The molecule has 0 bridgehead atoms. The van der Waals surface area contributed by atoms with E-state index in [0.717, 1.165) is 4.68 Å². The van der Waals surface area contributed by atoms with Gasteiger partial charge in [0.2, 0.25) is 5.75 Å². The van der Waals surface area contributed by atoms with Crippen LogP contribution in [0.5, 0.6) is 17.2 Å². The summed E-state index contributed by atoms with van der Waals surface area (Å²) in [6, 6.07) is 5.50. The normalized spacial score (nSPS) is 11.6. The Bertz CT molecular complexity index is 821. The molecule has 0 aliphatic rings. The van der Waals surface area contributed by atoms with Crippen molar-refractivity contribution in [3.05, 3.63) is 34.6 Å². The number of hydrogen-bond donors (Lipinski definition) is 0. The highest BCUT2D eigenvalue weighted by Gasteiger charge is 2.20. The number of ether oxygens (including phenoxy) is 4. The van der Waals surface area contributed by atoms with Gasteiger partial charge < -0.3 is 18.9 Å². The minimum atomic E-state index is -0.843. The molecule has 0 spiro atoms. The smallest absolute Gasteiger partial charge is 0.330 e. The molecule has 1 heterocycles. The molecule has 26 heavy (non-hydrogen) atoms. The van der Waals surface area contributed by atoms with E-state index in [1.165, 1.54) is 27.4 Å². The molecule has 0 fully saturated rings. The summed E-state index contributed by atoms with van der Waals surface area (Å²) < 4.78 is 22.0. The monoisotopic (exact) mass is 362 g/mol. The van der Waals surface area contributed by atoms with Gasteiger partial charge >= 0.3 is 5.97 Å². The summed E-state index contributed by atoms with van der Waals surface area (Å²) in [7, 11) is 4.54. The topological polar surface area (TPSA) is 88.9 Å². The molecule has 0 saturated heterocycles. The van der Waals surface area contributed by atoms with Crippen molar-refractivity contribution < 1.29 is 23.7 Å². The van der Waals surface area contributed by atoms with Crippen LogP contribution in [0.15, 0.2) is 29.1 Å². The molecule has 0 amide bonds. The van der Waals surface area contributed by atoms with E-state index in [-0.39, 0.29) is 6.61 Å². The zero-order valence-corrected chi connectivity index (χ0v) is 15.4. The molecule has 140 valence electrons. The largest absolute Gasteiger partial charge is 0.493 e. The fourth-order valence-corrected chi connectivity index (χ4v) is 2.45. The first-order chi connectivity index (χ1) is 12.5. The van der Waals surface area contributed by atoms with Crippen LogP contribution in [0.1, 0.15) is 19.9 Å². The second-order valence-electron chi connectivity index (χ2n) is 5.34. The molecule has 1 aromatic carbocycles. The van der Waals surface area contributed by atoms with Crippen molar-refractivity contribution in [2.24, 2.45) is 0 Å². The molecular formula is C18H22N2O6. The fourth-order valence-electron chi connectivity index (χ4n) is 2.45. The minimum absolute atomic E-state index is 0.227. The number of methoxy groups -OCH3 is 3. The molecule has 2 rings (SSSR count). The summed E-state index contributed by atoms with van der Waals surface area (Å²) in [5, 5.41) is 4.30. The summed E-state index contributed by atoms with van der Waals surface area (Å²) in [6.07, 6.45) is 0. The molecular weight excluding hydrogens is 340 g/mol. The maximum atomic E-state index is 12.1. The van der Waals surface area contributed by atoms with Crippen LogP contribution < -0.4 is 19.8 Å². The van der Waals surface area contributed by atoms with Gasteiger partial charge in [0.15, 0.2) is 17.5 Å². The van der Waals surface area contributed by atoms with E-state index in [1.807, 2.05) is 0 Å². The maximum Gasteiger partial charge on any atom is 0.330 e. The van der Waals surface area contributed by atoms with Crippen LogP contribution in [-0.4, -0.2) is 43.7 Å². The number of aromatic nitrogens is 2. The lowest BCUT2D eigenvalue weighted by atomic mass is 10.1. The Balaban J connectivity index is 2.55. The van der Waals surface area contributed by atoms with Crippen LogP contribution >= 0.6 is 0 Å². The third kappa shape index (κ3) is 3.79. The molecule has 8 heteroatoms. The number of hydrogen-bond acceptors (Lipinski definition) is 7. The summed E-state index contributed by atoms with van der Waals surface area (Å²) in [6.45, 7) is 3.49. The molecule has 0 radical (unpaired) electrons. The van der Waals surface area contributed by atoms with Gasteiger partial charge in [-0.2, -0.15) is 5.10 Å². The van der Waals surface area contributed by atoms with E-state index in [4.69, 9.17) is 18.9 Å². The second kappa shape index (κ2) is 8.37. The van der Waals surface area contributed by atoms with Gasteiger partial charge in [-0.3, -0.25) is 4.79 Å². The average Bonchev–Trinajstić information content (AvgIpc) is 2.66. The van der Waals surface area contributed by atoms with Crippen LogP contribution in [0.25, 0.3) is 11.3 Å². The van der Waals surface area contributed by atoms with Gasteiger partial charge in [0, 0.05) is 11.6 Å². The van der Waals surface area contributed by atoms with Crippen LogP contribution in [0, 0.1) is 0 Å². The summed E-state index contributed by atoms with van der Waals surface area (Å²) in [5.41, 5.74) is 0.714. The Labute approximate surface area is 151 Å². The standard InChI is InChI=1S/C18H22N2O6/c1-6-26-18(22)11(2)20-16(21)8-7-13(19-20)12-9-14(23-3)17(25-5)15(10-12)24-4/h7-11H,6H2,1-5H3/t11-/m0/s1. The molecule has 2 aromatic rings. The predicted octanol–water partition coefficient (Wildman–Crippen LogP) is 2.06. The third-order valence-corrected chi connectivity index (χ3v) is 3.78. The highest BCUT2D eigenvalue weighted by molar-refractivity contribution is 5.74. The van der Waals surface area contributed by atoms with Crippen LogP contribution in [0.3, 0.4) is 0 Å². The van der Waals surface area contributed by atoms with Crippen molar-refractivity contribution in [3.63, 3.8) is 0 Å². The van der Waals surface area contributed by atoms with E-state index < -0.39 is 17.6 Å².